The van der Waals surface area contributed by atoms with Gasteiger partial charge in [0.25, 0.3) is 5.91 Å². The van der Waals surface area contributed by atoms with Gasteiger partial charge in [0.1, 0.15) is 11.5 Å². The number of pyridine rings is 1. The van der Waals surface area contributed by atoms with E-state index in [-0.39, 0.29) is 17.2 Å². The number of nitrogens with one attached hydrogen (secondary N) is 1. The second-order valence-electron chi connectivity index (χ2n) is 8.75. The van der Waals surface area contributed by atoms with Gasteiger partial charge in [-0.15, -0.1) is 0 Å². The first-order valence-corrected chi connectivity index (χ1v) is 13.3. The third-order valence-corrected chi connectivity index (χ3v) is 7.13. The van der Waals surface area contributed by atoms with Gasteiger partial charge < -0.3 is 15.2 Å². The van der Waals surface area contributed by atoms with Gasteiger partial charge in [-0.1, -0.05) is 18.2 Å². The second kappa shape index (κ2) is 12.7. The highest BCUT2D eigenvalue weighted by Gasteiger charge is 2.18. The number of aromatic hydroxyl groups is 1. The van der Waals surface area contributed by atoms with Crippen LogP contribution in [0.5, 0.6) is 11.5 Å². The number of carbonyl (C=O) groups is 2. The van der Waals surface area contributed by atoms with Crippen LogP contribution in [0.1, 0.15) is 23.0 Å². The van der Waals surface area contributed by atoms with E-state index in [1.807, 2.05) is 36.2 Å². The van der Waals surface area contributed by atoms with E-state index in [1.165, 1.54) is 13.0 Å². The number of phenols is 1. The molecule has 0 saturated carbocycles. The minimum Gasteiger partial charge on any atom is -0.507 e. The summed E-state index contributed by atoms with van der Waals surface area (Å²) in [5.74, 6) is 1.48. The first-order valence-electron chi connectivity index (χ1n) is 12.1. The number of ether oxygens (including phenoxy) is 1. The summed E-state index contributed by atoms with van der Waals surface area (Å²) >= 11 is 1.91. The molecule has 3 aromatic rings. The second-order valence-corrected chi connectivity index (χ2v) is 9.86. The fourth-order valence-electron chi connectivity index (χ4n) is 4.22. The van der Waals surface area contributed by atoms with Crippen LogP contribution in [0.25, 0.3) is 10.8 Å². The summed E-state index contributed by atoms with van der Waals surface area (Å²) in [5.41, 5.74) is 1.33. The Kier molecular flexibility index (Phi) is 9.16. The molecule has 2 N–H and O–H groups in total. The predicted molar refractivity (Wildman–Crippen MR) is 143 cm³/mol. The maximum absolute atomic E-state index is 12.7. The molecule has 36 heavy (non-hydrogen) atoms. The Morgan fingerprint density at radius 2 is 1.83 bits per heavy atom. The quantitative estimate of drug-likeness (QED) is 0.245. The Morgan fingerprint density at radius 3 is 2.56 bits per heavy atom. The van der Waals surface area contributed by atoms with Gasteiger partial charge in [-0.3, -0.25) is 24.4 Å². The van der Waals surface area contributed by atoms with Crippen molar-refractivity contribution in [1.82, 2.24) is 20.1 Å². The molecule has 1 aromatic heterocycles. The van der Waals surface area contributed by atoms with Crippen LogP contribution in [-0.2, 0) is 10.5 Å². The summed E-state index contributed by atoms with van der Waals surface area (Å²) in [4.78, 5) is 33.3. The van der Waals surface area contributed by atoms with E-state index in [1.54, 1.807) is 18.2 Å². The molecule has 2 heterocycles. The lowest BCUT2D eigenvalue weighted by molar-refractivity contribution is -0.131. The fraction of sp³-hybridized carbons (Fsp3) is 0.370. The molecule has 0 unspecified atom stereocenters. The first kappa shape index (κ1) is 25.9. The highest BCUT2D eigenvalue weighted by Crippen LogP contribution is 2.31. The van der Waals surface area contributed by atoms with Crippen molar-refractivity contribution in [2.75, 3.05) is 51.6 Å². The number of amides is 1. The van der Waals surface area contributed by atoms with Gasteiger partial charge in [-0.25, -0.2) is 0 Å². The summed E-state index contributed by atoms with van der Waals surface area (Å²) in [6.45, 7) is 7.65. The topological polar surface area (TPSA) is 95.0 Å². The molecule has 0 bridgehead atoms. The number of thioether (sulfide) groups is 1. The fourth-order valence-corrected chi connectivity index (χ4v) is 5.14. The molecule has 0 atom stereocenters. The number of rotatable bonds is 10. The van der Waals surface area contributed by atoms with Gasteiger partial charge in [0.15, 0.2) is 0 Å². The molecule has 0 spiro atoms. The summed E-state index contributed by atoms with van der Waals surface area (Å²) in [6.07, 6.45) is 1.84. The van der Waals surface area contributed by atoms with Gasteiger partial charge >= 0.3 is 5.97 Å². The van der Waals surface area contributed by atoms with E-state index in [0.29, 0.717) is 23.1 Å². The van der Waals surface area contributed by atoms with Crippen molar-refractivity contribution >= 4 is 34.4 Å². The molecule has 1 aliphatic rings. The minimum atomic E-state index is -0.441. The van der Waals surface area contributed by atoms with Crippen LogP contribution < -0.4 is 10.1 Å². The number of hydrogen-bond donors (Lipinski definition) is 2. The monoisotopic (exact) mass is 508 g/mol. The predicted octanol–water partition coefficient (Wildman–Crippen LogP) is 3.15. The van der Waals surface area contributed by atoms with E-state index in [4.69, 9.17) is 4.74 Å². The van der Waals surface area contributed by atoms with Crippen LogP contribution in [-0.4, -0.2) is 83.3 Å². The largest absolute Gasteiger partial charge is 0.507 e. The third-order valence-electron chi connectivity index (χ3n) is 6.16. The van der Waals surface area contributed by atoms with Gasteiger partial charge in [0.05, 0.1) is 11.3 Å². The Hall–Kier alpha value is -3.14. The first-order chi connectivity index (χ1) is 17.5. The zero-order chi connectivity index (χ0) is 25.3. The molecule has 9 heteroatoms. The molecule has 8 nitrogen and oxygen atoms in total. The van der Waals surface area contributed by atoms with Gasteiger partial charge in [0, 0.05) is 75.8 Å². The standard InChI is InChI=1S/C27H32N4O4S/c1-20(32)35-26-7-4-5-21-17-24(25(33)18-23(21)26)27(34)29-9-10-30-11-13-31(14-12-30)15-16-36-19-22-6-2-3-8-28-22/h2-8,17-18,33H,9-16,19H2,1H3,(H,29,34). The number of esters is 1. The van der Waals surface area contributed by atoms with Gasteiger partial charge in [0.2, 0.25) is 0 Å². The van der Waals surface area contributed by atoms with Crippen molar-refractivity contribution < 1.29 is 19.4 Å². The molecule has 0 aliphatic carbocycles. The number of carbonyl (C=O) groups excluding carboxylic acids is 2. The number of nitrogens with zero attached hydrogens (tertiary/aromatic N) is 3. The number of fused-ring (bicyclic) bond motifs is 1. The van der Waals surface area contributed by atoms with E-state index in [2.05, 4.69) is 26.2 Å². The normalized spacial score (nSPS) is 14.6. The molecule has 2 aromatic carbocycles. The number of phenolic OH excluding ortho intramolecular Hbond substituents is 1. The van der Waals surface area contributed by atoms with Crippen molar-refractivity contribution in [3.63, 3.8) is 0 Å². The average Bonchev–Trinajstić information content (AvgIpc) is 2.88. The molecule has 0 radical (unpaired) electrons. The van der Waals surface area contributed by atoms with E-state index < -0.39 is 5.97 Å². The molecule has 4 rings (SSSR count). The Morgan fingerprint density at radius 1 is 1.06 bits per heavy atom. The maximum atomic E-state index is 12.7. The Bertz CT molecular complexity index is 1180. The molecule has 1 fully saturated rings. The van der Waals surface area contributed by atoms with Crippen LogP contribution >= 0.6 is 11.8 Å². The number of benzene rings is 2. The highest BCUT2D eigenvalue weighted by molar-refractivity contribution is 7.98. The zero-order valence-corrected chi connectivity index (χ0v) is 21.3. The van der Waals surface area contributed by atoms with E-state index in [0.717, 1.165) is 56.5 Å². The number of hydrogen-bond acceptors (Lipinski definition) is 8. The van der Waals surface area contributed by atoms with Crippen molar-refractivity contribution in [3.05, 3.63) is 66.0 Å². The highest BCUT2D eigenvalue weighted by atomic mass is 32.2. The molecule has 190 valence electrons. The molecule has 1 amide bonds. The van der Waals surface area contributed by atoms with Crippen molar-refractivity contribution in [3.8, 4) is 11.5 Å². The lowest BCUT2D eigenvalue weighted by Crippen LogP contribution is -2.48. The average molecular weight is 509 g/mol. The van der Waals surface area contributed by atoms with E-state index in [9.17, 15) is 14.7 Å². The summed E-state index contributed by atoms with van der Waals surface area (Å²) in [7, 11) is 0. The van der Waals surface area contributed by atoms with Crippen LogP contribution in [0.15, 0.2) is 54.7 Å². The lowest BCUT2D eigenvalue weighted by Gasteiger charge is -2.34. The van der Waals surface area contributed by atoms with Crippen molar-refractivity contribution in [2.24, 2.45) is 0 Å². The van der Waals surface area contributed by atoms with Crippen molar-refractivity contribution in [2.45, 2.75) is 12.7 Å². The molecule has 1 aliphatic heterocycles. The lowest BCUT2D eigenvalue weighted by atomic mass is 10.0. The Balaban J connectivity index is 1.18. The van der Waals surface area contributed by atoms with Crippen LogP contribution in [0, 0.1) is 0 Å². The third kappa shape index (κ3) is 7.19. The molecule has 1 saturated heterocycles. The smallest absolute Gasteiger partial charge is 0.308 e. The van der Waals surface area contributed by atoms with Gasteiger partial charge in [-0.05, 0) is 35.7 Å². The number of piperazine rings is 1. The van der Waals surface area contributed by atoms with Crippen LogP contribution in [0.3, 0.4) is 0 Å². The molecular weight excluding hydrogens is 476 g/mol. The maximum Gasteiger partial charge on any atom is 0.308 e. The molecular formula is C27H32N4O4S. The van der Waals surface area contributed by atoms with Gasteiger partial charge in [-0.2, -0.15) is 11.8 Å². The minimum absolute atomic E-state index is 0.144. The van der Waals surface area contributed by atoms with Crippen LogP contribution in [0.2, 0.25) is 0 Å². The van der Waals surface area contributed by atoms with E-state index >= 15 is 0 Å². The number of aromatic nitrogens is 1. The summed E-state index contributed by atoms with van der Waals surface area (Å²) in [5, 5.41) is 14.7. The van der Waals surface area contributed by atoms with Crippen molar-refractivity contribution in [1.29, 1.82) is 0 Å². The van der Waals surface area contributed by atoms with Crippen LogP contribution in [0.4, 0.5) is 0 Å². The Labute approximate surface area is 215 Å². The SMILES string of the molecule is CC(=O)Oc1cccc2cc(C(=O)NCCN3CCN(CCSCc4ccccn4)CC3)c(O)cc12. The summed E-state index contributed by atoms with van der Waals surface area (Å²) < 4.78 is 5.20. The summed E-state index contributed by atoms with van der Waals surface area (Å²) in [6, 6.07) is 14.3. The zero-order valence-electron chi connectivity index (χ0n) is 20.5.